The van der Waals surface area contributed by atoms with Crippen LogP contribution in [0.3, 0.4) is 0 Å². The van der Waals surface area contributed by atoms with Crippen molar-refractivity contribution < 1.29 is 19.1 Å². The molecule has 144 valence electrons. The monoisotopic (exact) mass is 417 g/mol. The van der Waals surface area contributed by atoms with Crippen molar-refractivity contribution in [1.82, 2.24) is 10.3 Å². The van der Waals surface area contributed by atoms with Crippen LogP contribution in [0, 0.1) is 0 Å². The van der Waals surface area contributed by atoms with Crippen molar-refractivity contribution in [3.05, 3.63) is 64.7 Å². The molecule has 1 unspecified atom stereocenters. The molecular formula is C19H16ClN3O4S. The second kappa shape index (κ2) is 8.45. The van der Waals surface area contributed by atoms with Gasteiger partial charge in [-0.15, -0.1) is 5.10 Å². The minimum absolute atomic E-state index is 0.256. The Morgan fingerprint density at radius 3 is 2.57 bits per heavy atom. The van der Waals surface area contributed by atoms with Gasteiger partial charge < -0.3 is 10.1 Å². The van der Waals surface area contributed by atoms with E-state index in [4.69, 9.17) is 16.3 Å². The number of nitrogens with one attached hydrogen (secondary N) is 1. The van der Waals surface area contributed by atoms with Crippen molar-refractivity contribution in [3.8, 4) is 5.75 Å². The maximum atomic E-state index is 12.4. The molecule has 7 nitrogen and oxygen atoms in total. The summed E-state index contributed by atoms with van der Waals surface area (Å²) in [7, 11) is 0. The third-order valence-corrected chi connectivity index (χ3v) is 5.13. The third kappa shape index (κ3) is 4.52. The lowest BCUT2D eigenvalue weighted by Gasteiger charge is -2.19. The average molecular weight is 418 g/mol. The standard InChI is InChI=1S/C19H16ClN3O4S/c1-11(24)21-19-22-23(12(2)25)17(28-19)13-6-5-7-14(10-13)27-18(26)15-8-3-4-9-16(15)20/h3-10,17H,1-2H3,(H,21,22,24). The van der Waals surface area contributed by atoms with Gasteiger partial charge in [0.1, 0.15) is 11.1 Å². The number of carbonyl (C=O) groups is 3. The second-order valence-corrected chi connectivity index (χ2v) is 7.34. The first kappa shape index (κ1) is 19.9. The molecule has 0 radical (unpaired) electrons. The Balaban J connectivity index is 1.81. The largest absolute Gasteiger partial charge is 0.423 e. The molecule has 0 saturated carbocycles. The Labute approximate surface area is 170 Å². The predicted octanol–water partition coefficient (Wildman–Crippen LogP) is 3.56. The van der Waals surface area contributed by atoms with Crippen LogP contribution in [-0.4, -0.2) is 28.0 Å². The zero-order valence-corrected chi connectivity index (χ0v) is 16.6. The molecule has 1 aliphatic rings. The number of halogens is 1. The number of thioether (sulfide) groups is 1. The van der Waals surface area contributed by atoms with Gasteiger partial charge >= 0.3 is 5.97 Å². The fraction of sp³-hybridized carbons (Fsp3) is 0.158. The highest BCUT2D eigenvalue weighted by Gasteiger charge is 2.32. The first-order valence-electron chi connectivity index (χ1n) is 8.24. The fourth-order valence-corrected chi connectivity index (χ4v) is 3.84. The summed E-state index contributed by atoms with van der Waals surface area (Å²) in [6, 6.07) is 13.4. The summed E-state index contributed by atoms with van der Waals surface area (Å²) >= 11 is 7.25. The van der Waals surface area contributed by atoms with Gasteiger partial charge in [-0.2, -0.15) is 0 Å². The van der Waals surface area contributed by atoms with E-state index in [0.717, 1.165) is 0 Å². The molecule has 1 N–H and O–H groups in total. The predicted molar refractivity (Wildman–Crippen MR) is 107 cm³/mol. The topological polar surface area (TPSA) is 88.1 Å². The molecule has 0 saturated heterocycles. The number of benzene rings is 2. The number of hydrogen-bond donors (Lipinski definition) is 1. The Kier molecular flexibility index (Phi) is 6.01. The lowest BCUT2D eigenvalue weighted by molar-refractivity contribution is -0.129. The van der Waals surface area contributed by atoms with Crippen LogP contribution in [0.4, 0.5) is 0 Å². The van der Waals surface area contributed by atoms with E-state index in [9.17, 15) is 14.4 Å². The Morgan fingerprint density at radius 2 is 1.89 bits per heavy atom. The molecule has 2 amide bonds. The number of amidine groups is 1. The fourth-order valence-electron chi connectivity index (χ4n) is 2.50. The van der Waals surface area contributed by atoms with Gasteiger partial charge in [0.2, 0.25) is 11.8 Å². The van der Waals surface area contributed by atoms with Gasteiger partial charge in [0.05, 0.1) is 10.6 Å². The minimum atomic E-state index is -0.583. The quantitative estimate of drug-likeness (QED) is 0.609. The average Bonchev–Trinajstić information content (AvgIpc) is 3.05. The SMILES string of the molecule is CC(=O)NC1=NN(C(C)=O)C(c2cccc(OC(=O)c3ccccc3Cl)c2)S1. The smallest absolute Gasteiger partial charge is 0.345 e. The zero-order chi connectivity index (χ0) is 20.3. The Bertz CT molecular complexity index is 979. The lowest BCUT2D eigenvalue weighted by Crippen LogP contribution is -2.25. The molecule has 1 aliphatic heterocycles. The molecule has 28 heavy (non-hydrogen) atoms. The maximum absolute atomic E-state index is 12.4. The number of carbonyl (C=O) groups excluding carboxylic acids is 3. The number of rotatable bonds is 3. The van der Waals surface area contributed by atoms with E-state index >= 15 is 0 Å². The maximum Gasteiger partial charge on any atom is 0.345 e. The number of ether oxygens (including phenoxy) is 1. The molecular weight excluding hydrogens is 402 g/mol. The van der Waals surface area contributed by atoms with Crippen molar-refractivity contribution in [2.45, 2.75) is 19.2 Å². The van der Waals surface area contributed by atoms with Crippen LogP contribution >= 0.6 is 23.4 Å². The van der Waals surface area contributed by atoms with E-state index in [1.165, 1.54) is 30.6 Å². The summed E-state index contributed by atoms with van der Waals surface area (Å²) in [6.45, 7) is 2.75. The van der Waals surface area contributed by atoms with Gasteiger partial charge in [-0.25, -0.2) is 9.80 Å². The molecule has 0 fully saturated rings. The van der Waals surface area contributed by atoms with Crippen LogP contribution in [0.5, 0.6) is 5.75 Å². The van der Waals surface area contributed by atoms with Crippen molar-refractivity contribution >= 4 is 46.3 Å². The van der Waals surface area contributed by atoms with Gasteiger partial charge in [-0.3, -0.25) is 9.59 Å². The van der Waals surface area contributed by atoms with Gasteiger partial charge in [0.25, 0.3) is 0 Å². The summed E-state index contributed by atoms with van der Waals surface area (Å²) in [6.07, 6.45) is 0. The molecule has 2 aromatic carbocycles. The molecule has 0 spiro atoms. The highest BCUT2D eigenvalue weighted by molar-refractivity contribution is 8.14. The van der Waals surface area contributed by atoms with Crippen molar-refractivity contribution in [1.29, 1.82) is 0 Å². The van der Waals surface area contributed by atoms with E-state index in [0.29, 0.717) is 21.5 Å². The summed E-state index contributed by atoms with van der Waals surface area (Å²) in [4.78, 5) is 35.6. The van der Waals surface area contributed by atoms with Crippen molar-refractivity contribution in [3.63, 3.8) is 0 Å². The number of hydrazone groups is 1. The van der Waals surface area contributed by atoms with Crippen LogP contribution < -0.4 is 10.1 Å². The number of hydrogen-bond acceptors (Lipinski definition) is 6. The van der Waals surface area contributed by atoms with Gasteiger partial charge in [-0.1, -0.05) is 47.6 Å². The van der Waals surface area contributed by atoms with Gasteiger partial charge in [0.15, 0.2) is 5.17 Å². The normalized spacial score (nSPS) is 15.8. The number of nitrogens with zero attached hydrogens (tertiary/aromatic N) is 2. The van der Waals surface area contributed by atoms with Crippen molar-refractivity contribution in [2.75, 3.05) is 0 Å². The van der Waals surface area contributed by atoms with Crippen LogP contribution in [0.15, 0.2) is 53.6 Å². The van der Waals surface area contributed by atoms with Crippen molar-refractivity contribution in [2.24, 2.45) is 5.10 Å². The number of esters is 1. The number of amides is 2. The molecule has 0 aliphatic carbocycles. The molecule has 0 aromatic heterocycles. The highest BCUT2D eigenvalue weighted by atomic mass is 35.5. The van der Waals surface area contributed by atoms with E-state index in [2.05, 4.69) is 10.4 Å². The summed E-state index contributed by atoms with van der Waals surface area (Å²) < 4.78 is 5.43. The molecule has 9 heteroatoms. The zero-order valence-electron chi connectivity index (χ0n) is 15.0. The Morgan fingerprint density at radius 1 is 1.14 bits per heavy atom. The van der Waals surface area contributed by atoms with Crippen LogP contribution in [0.1, 0.15) is 35.1 Å². The summed E-state index contributed by atoms with van der Waals surface area (Å²) in [5.41, 5.74) is 0.945. The second-order valence-electron chi connectivity index (χ2n) is 5.86. The first-order valence-corrected chi connectivity index (χ1v) is 9.50. The molecule has 2 aromatic rings. The van der Waals surface area contributed by atoms with Gasteiger partial charge in [0, 0.05) is 13.8 Å². The molecule has 3 rings (SSSR count). The summed E-state index contributed by atoms with van der Waals surface area (Å²) in [5, 5.41) is 8.13. The van der Waals surface area contributed by atoms with E-state index in [-0.39, 0.29) is 17.4 Å². The van der Waals surface area contributed by atoms with Crippen LogP contribution in [-0.2, 0) is 9.59 Å². The molecule has 0 bridgehead atoms. The van der Waals surface area contributed by atoms with Crippen LogP contribution in [0.2, 0.25) is 5.02 Å². The molecule has 1 atom stereocenters. The van der Waals surface area contributed by atoms with E-state index < -0.39 is 11.3 Å². The van der Waals surface area contributed by atoms with E-state index in [1.54, 1.807) is 48.5 Å². The van der Waals surface area contributed by atoms with E-state index in [1.807, 2.05) is 0 Å². The molecule has 1 heterocycles. The van der Waals surface area contributed by atoms with Crippen LogP contribution in [0.25, 0.3) is 0 Å². The first-order chi connectivity index (χ1) is 13.3. The lowest BCUT2D eigenvalue weighted by atomic mass is 10.2. The minimum Gasteiger partial charge on any atom is -0.423 e. The highest BCUT2D eigenvalue weighted by Crippen LogP contribution is 2.39. The summed E-state index contributed by atoms with van der Waals surface area (Å²) in [5.74, 6) is -0.839. The third-order valence-electron chi connectivity index (χ3n) is 3.70. The van der Waals surface area contributed by atoms with Gasteiger partial charge in [-0.05, 0) is 29.8 Å². The Hall–Kier alpha value is -2.84.